The van der Waals surface area contributed by atoms with Crippen LogP contribution in [0.25, 0.3) is 0 Å². The molecule has 0 bridgehead atoms. The predicted molar refractivity (Wildman–Crippen MR) is 141 cm³/mol. The summed E-state index contributed by atoms with van der Waals surface area (Å²) in [5, 5.41) is 0. The SMILES string of the molecule is COc1ccc(CC(C)Cc2ccc(O[Si](C(C)C)(C(C)C)C(C)C)c(OC)c2)cc1OC. The molecule has 0 amide bonds. The summed E-state index contributed by atoms with van der Waals surface area (Å²) < 4.78 is 23.5. The van der Waals surface area contributed by atoms with Crippen LogP contribution in [0.4, 0.5) is 0 Å². The van der Waals surface area contributed by atoms with Crippen LogP contribution in [-0.2, 0) is 12.8 Å². The Balaban J connectivity index is 2.20. The van der Waals surface area contributed by atoms with E-state index in [-0.39, 0.29) is 0 Å². The molecule has 0 saturated heterocycles. The van der Waals surface area contributed by atoms with Crippen molar-refractivity contribution in [1.29, 1.82) is 0 Å². The van der Waals surface area contributed by atoms with E-state index in [0.717, 1.165) is 35.8 Å². The number of ether oxygens (including phenoxy) is 3. The summed E-state index contributed by atoms with van der Waals surface area (Å²) in [4.78, 5) is 0. The van der Waals surface area contributed by atoms with Crippen molar-refractivity contribution in [3.63, 3.8) is 0 Å². The Morgan fingerprint density at radius 1 is 0.576 bits per heavy atom. The van der Waals surface area contributed by atoms with Gasteiger partial charge in [-0.3, -0.25) is 0 Å². The number of hydrogen-bond donors (Lipinski definition) is 0. The highest BCUT2D eigenvalue weighted by Crippen LogP contribution is 2.45. The Labute approximate surface area is 202 Å². The lowest BCUT2D eigenvalue weighted by molar-refractivity contribution is 0.354. The summed E-state index contributed by atoms with van der Waals surface area (Å²) in [5.41, 5.74) is 4.06. The molecular formula is C28H44O4Si. The molecular weight excluding hydrogens is 428 g/mol. The molecule has 0 heterocycles. The van der Waals surface area contributed by atoms with Crippen LogP contribution in [0, 0.1) is 5.92 Å². The van der Waals surface area contributed by atoms with E-state index in [4.69, 9.17) is 18.6 Å². The van der Waals surface area contributed by atoms with Gasteiger partial charge in [0.25, 0.3) is 8.32 Å². The van der Waals surface area contributed by atoms with E-state index in [1.807, 2.05) is 6.07 Å². The minimum absolute atomic E-state index is 0.468. The summed E-state index contributed by atoms with van der Waals surface area (Å²) in [7, 11) is 3.04. The molecule has 33 heavy (non-hydrogen) atoms. The molecule has 2 rings (SSSR count). The zero-order chi connectivity index (χ0) is 24.8. The lowest BCUT2D eigenvalue weighted by atomic mass is 9.94. The number of rotatable bonds is 12. The second-order valence-electron chi connectivity index (χ2n) is 10.1. The zero-order valence-corrected chi connectivity index (χ0v) is 23.3. The normalized spacial score (nSPS) is 12.9. The van der Waals surface area contributed by atoms with Crippen LogP contribution < -0.4 is 18.6 Å². The summed E-state index contributed by atoms with van der Waals surface area (Å²) in [6, 6.07) is 12.6. The molecule has 0 N–H and O–H groups in total. The van der Waals surface area contributed by atoms with Crippen molar-refractivity contribution in [1.82, 2.24) is 0 Å². The summed E-state index contributed by atoms with van der Waals surface area (Å²) >= 11 is 0. The van der Waals surface area contributed by atoms with Gasteiger partial charge in [-0.05, 0) is 70.8 Å². The van der Waals surface area contributed by atoms with Crippen molar-refractivity contribution in [2.75, 3.05) is 21.3 Å². The Morgan fingerprint density at radius 3 is 1.36 bits per heavy atom. The van der Waals surface area contributed by atoms with Crippen molar-refractivity contribution in [2.45, 2.75) is 77.9 Å². The second kappa shape index (κ2) is 11.8. The van der Waals surface area contributed by atoms with E-state index >= 15 is 0 Å². The topological polar surface area (TPSA) is 36.9 Å². The molecule has 2 aromatic rings. The number of hydrogen-bond acceptors (Lipinski definition) is 4. The summed E-state index contributed by atoms with van der Waals surface area (Å²) in [6.45, 7) is 16.1. The van der Waals surface area contributed by atoms with Gasteiger partial charge in [-0.25, -0.2) is 0 Å². The molecule has 0 aliphatic rings. The van der Waals surface area contributed by atoms with Crippen LogP contribution in [0.5, 0.6) is 23.0 Å². The van der Waals surface area contributed by atoms with Crippen molar-refractivity contribution in [2.24, 2.45) is 5.92 Å². The van der Waals surface area contributed by atoms with Crippen molar-refractivity contribution < 1.29 is 18.6 Å². The van der Waals surface area contributed by atoms with Gasteiger partial charge in [-0.1, -0.05) is 60.6 Å². The van der Waals surface area contributed by atoms with Gasteiger partial charge in [0.05, 0.1) is 21.3 Å². The van der Waals surface area contributed by atoms with E-state index in [1.165, 1.54) is 11.1 Å². The number of methoxy groups -OCH3 is 3. The Morgan fingerprint density at radius 2 is 0.970 bits per heavy atom. The lowest BCUT2D eigenvalue weighted by Crippen LogP contribution is -2.50. The van der Waals surface area contributed by atoms with Crippen molar-refractivity contribution in [3.8, 4) is 23.0 Å². The minimum atomic E-state index is -2.04. The second-order valence-corrected chi connectivity index (χ2v) is 15.5. The van der Waals surface area contributed by atoms with Crippen LogP contribution in [0.15, 0.2) is 36.4 Å². The highest BCUT2D eigenvalue weighted by atomic mass is 28.4. The average Bonchev–Trinajstić information content (AvgIpc) is 2.76. The smallest absolute Gasteiger partial charge is 0.258 e. The third kappa shape index (κ3) is 6.26. The Kier molecular flexibility index (Phi) is 9.71. The zero-order valence-electron chi connectivity index (χ0n) is 22.3. The largest absolute Gasteiger partial charge is 0.540 e. The molecule has 4 nitrogen and oxygen atoms in total. The van der Waals surface area contributed by atoms with E-state index in [2.05, 4.69) is 78.8 Å². The lowest BCUT2D eigenvalue weighted by Gasteiger charge is -2.42. The molecule has 0 saturated carbocycles. The minimum Gasteiger partial charge on any atom is -0.540 e. The highest BCUT2D eigenvalue weighted by Gasteiger charge is 2.47. The maximum atomic E-state index is 6.90. The fourth-order valence-corrected chi connectivity index (χ4v) is 10.6. The van der Waals surface area contributed by atoms with Gasteiger partial charge >= 0.3 is 0 Å². The Hall–Kier alpha value is -2.14. The molecule has 2 aromatic carbocycles. The van der Waals surface area contributed by atoms with Crippen LogP contribution in [-0.4, -0.2) is 29.6 Å². The standard InChI is InChI=1S/C28H44O4Si/c1-19(2)33(20(3)4,21(5)6)32-26-14-12-24(18-28(26)31-10)16-22(7)15-23-11-13-25(29-8)27(17-23)30-9/h11-14,17-22H,15-16H2,1-10H3. The molecule has 0 spiro atoms. The first-order chi connectivity index (χ1) is 15.6. The van der Waals surface area contributed by atoms with Gasteiger partial charge in [0, 0.05) is 0 Å². The Bertz CT molecular complexity index is 870. The predicted octanol–water partition coefficient (Wildman–Crippen LogP) is 7.69. The average molecular weight is 473 g/mol. The van der Waals surface area contributed by atoms with Gasteiger partial charge in [0.1, 0.15) is 5.75 Å². The van der Waals surface area contributed by atoms with Gasteiger partial charge in [-0.2, -0.15) is 0 Å². The number of benzene rings is 2. The monoisotopic (exact) mass is 472 g/mol. The van der Waals surface area contributed by atoms with Gasteiger partial charge in [0.15, 0.2) is 17.2 Å². The third-order valence-corrected chi connectivity index (χ3v) is 12.8. The summed E-state index contributed by atoms with van der Waals surface area (Å²) in [6.07, 6.45) is 1.93. The molecule has 0 fully saturated rings. The first-order valence-corrected chi connectivity index (χ1v) is 14.3. The van der Waals surface area contributed by atoms with Crippen LogP contribution in [0.3, 0.4) is 0 Å². The van der Waals surface area contributed by atoms with Crippen LogP contribution in [0.2, 0.25) is 16.6 Å². The molecule has 184 valence electrons. The van der Waals surface area contributed by atoms with Gasteiger partial charge in [0.2, 0.25) is 0 Å². The fourth-order valence-electron chi connectivity index (χ4n) is 5.35. The molecule has 1 unspecified atom stereocenters. The van der Waals surface area contributed by atoms with E-state index in [9.17, 15) is 0 Å². The van der Waals surface area contributed by atoms with Crippen LogP contribution in [0.1, 0.15) is 59.6 Å². The van der Waals surface area contributed by atoms with Crippen LogP contribution >= 0.6 is 0 Å². The maximum Gasteiger partial charge on any atom is 0.258 e. The van der Waals surface area contributed by atoms with Gasteiger partial charge < -0.3 is 18.6 Å². The quantitative estimate of drug-likeness (QED) is 0.297. The third-order valence-electron chi connectivity index (χ3n) is 6.84. The van der Waals surface area contributed by atoms with E-state index < -0.39 is 8.32 Å². The fraction of sp³-hybridized carbons (Fsp3) is 0.571. The molecule has 0 aliphatic heterocycles. The first kappa shape index (κ1) is 27.1. The van der Waals surface area contributed by atoms with E-state index in [1.54, 1.807) is 21.3 Å². The summed E-state index contributed by atoms with van der Waals surface area (Å²) in [5.74, 6) is 3.73. The van der Waals surface area contributed by atoms with Gasteiger partial charge in [-0.15, -0.1) is 0 Å². The maximum absolute atomic E-state index is 6.90. The highest BCUT2D eigenvalue weighted by molar-refractivity contribution is 6.78. The van der Waals surface area contributed by atoms with Crippen molar-refractivity contribution in [3.05, 3.63) is 47.5 Å². The van der Waals surface area contributed by atoms with Crippen molar-refractivity contribution >= 4 is 8.32 Å². The molecule has 1 atom stereocenters. The van der Waals surface area contributed by atoms with E-state index in [0.29, 0.717) is 22.5 Å². The molecule has 0 aliphatic carbocycles. The molecule has 0 aromatic heterocycles. The first-order valence-electron chi connectivity index (χ1n) is 12.2. The molecule has 0 radical (unpaired) electrons. The molecule has 5 heteroatoms.